The second-order valence-electron chi connectivity index (χ2n) is 8.07. The molecule has 0 aromatic heterocycles. The van der Waals surface area contributed by atoms with Gasteiger partial charge in [-0.25, -0.2) is 18.2 Å². The molecule has 0 fully saturated rings. The van der Waals surface area contributed by atoms with Crippen molar-refractivity contribution in [2.45, 2.75) is 13.0 Å². The van der Waals surface area contributed by atoms with Crippen LogP contribution in [0.2, 0.25) is 0 Å². The van der Waals surface area contributed by atoms with Crippen LogP contribution in [0.3, 0.4) is 0 Å². The number of sulfonamides is 1. The van der Waals surface area contributed by atoms with Crippen LogP contribution in [0.4, 0.5) is 10.1 Å². The number of carbonyl (C=O) groups is 2. The number of benzene rings is 3. The molecule has 0 spiro atoms. The van der Waals surface area contributed by atoms with Crippen molar-refractivity contribution in [3.05, 3.63) is 95.8 Å². The third kappa shape index (κ3) is 8.43. The maximum Gasteiger partial charge on any atom is 0.260 e. The second-order valence-corrected chi connectivity index (χ2v) is 9.98. The zero-order valence-electron chi connectivity index (χ0n) is 20.3. The number of amides is 2. The topological polar surface area (TPSA) is 117 Å². The molecule has 194 valence electrons. The summed E-state index contributed by atoms with van der Waals surface area (Å²) < 4.78 is 44.4. The van der Waals surface area contributed by atoms with E-state index in [1.54, 1.807) is 24.3 Å². The fraction of sp³-hybridized carbons (Fsp3) is 0.192. The van der Waals surface area contributed by atoms with Crippen LogP contribution in [0.5, 0.6) is 5.75 Å². The Morgan fingerprint density at radius 2 is 1.65 bits per heavy atom. The van der Waals surface area contributed by atoms with Crippen LogP contribution < -0.4 is 19.8 Å². The molecule has 0 saturated heterocycles. The van der Waals surface area contributed by atoms with E-state index in [2.05, 4.69) is 15.8 Å². The summed E-state index contributed by atoms with van der Waals surface area (Å²) in [6.45, 7) is 1.09. The Hall–Kier alpha value is -4.25. The predicted molar refractivity (Wildman–Crippen MR) is 139 cm³/mol. The molecule has 1 atom stereocenters. The summed E-state index contributed by atoms with van der Waals surface area (Å²) in [4.78, 5) is 24.4. The lowest BCUT2D eigenvalue weighted by Crippen LogP contribution is -2.39. The number of para-hydroxylation sites is 1. The number of anilines is 1. The molecule has 2 amide bonds. The lowest BCUT2D eigenvalue weighted by molar-refractivity contribution is -0.123. The summed E-state index contributed by atoms with van der Waals surface area (Å²) >= 11 is 0. The Balaban J connectivity index is 1.48. The summed E-state index contributed by atoms with van der Waals surface area (Å²) in [5.74, 6) is -1.31. The number of hydrogen-bond donors (Lipinski definition) is 2. The van der Waals surface area contributed by atoms with Crippen LogP contribution in [-0.4, -0.2) is 45.9 Å². The van der Waals surface area contributed by atoms with Gasteiger partial charge in [-0.3, -0.25) is 13.9 Å². The van der Waals surface area contributed by atoms with Crippen LogP contribution in [0.25, 0.3) is 0 Å². The number of halogens is 1. The third-order valence-corrected chi connectivity index (χ3v) is 6.27. The Kier molecular flexibility index (Phi) is 9.33. The fourth-order valence-electron chi connectivity index (χ4n) is 3.29. The van der Waals surface area contributed by atoms with Crippen LogP contribution in [0.15, 0.2) is 84.0 Å². The van der Waals surface area contributed by atoms with Crippen molar-refractivity contribution < 1.29 is 27.1 Å². The van der Waals surface area contributed by atoms with Crippen molar-refractivity contribution in [2.75, 3.05) is 23.7 Å². The smallest absolute Gasteiger partial charge is 0.260 e. The van der Waals surface area contributed by atoms with E-state index in [1.807, 2.05) is 37.3 Å². The van der Waals surface area contributed by atoms with E-state index in [0.717, 1.165) is 17.9 Å². The highest BCUT2D eigenvalue weighted by Crippen LogP contribution is 2.21. The zero-order valence-corrected chi connectivity index (χ0v) is 21.1. The maximum atomic E-state index is 14.1. The first-order chi connectivity index (χ1) is 17.6. The average molecular weight is 527 g/mol. The van der Waals surface area contributed by atoms with Crippen LogP contribution >= 0.6 is 0 Å². The van der Waals surface area contributed by atoms with E-state index in [9.17, 15) is 22.4 Å². The molecule has 0 radical (unpaired) electrons. The van der Waals surface area contributed by atoms with Gasteiger partial charge in [0.15, 0.2) is 6.61 Å². The lowest BCUT2D eigenvalue weighted by atomic mass is 10.1. The maximum absolute atomic E-state index is 14.1. The first-order valence-corrected chi connectivity index (χ1v) is 13.1. The van der Waals surface area contributed by atoms with Crippen molar-refractivity contribution in [1.29, 1.82) is 0 Å². The van der Waals surface area contributed by atoms with Gasteiger partial charge in [0, 0.05) is 0 Å². The molecule has 2 N–H and O–H groups in total. The van der Waals surface area contributed by atoms with Gasteiger partial charge in [-0.2, -0.15) is 5.10 Å². The molecule has 0 bridgehead atoms. The number of nitrogens with zero attached hydrogens (tertiary/aromatic N) is 2. The number of ether oxygens (including phenoxy) is 1. The quantitative estimate of drug-likeness (QED) is 0.294. The number of hydrogen-bond acceptors (Lipinski definition) is 6. The van der Waals surface area contributed by atoms with E-state index in [-0.39, 0.29) is 24.2 Å². The predicted octanol–water partition coefficient (Wildman–Crippen LogP) is 3.00. The molecular formula is C26H27FN4O5S. The van der Waals surface area contributed by atoms with E-state index in [0.29, 0.717) is 15.6 Å². The van der Waals surface area contributed by atoms with Gasteiger partial charge >= 0.3 is 0 Å². The summed E-state index contributed by atoms with van der Waals surface area (Å²) in [6.07, 6.45) is 2.23. The molecule has 9 nitrogen and oxygen atoms in total. The van der Waals surface area contributed by atoms with E-state index < -0.39 is 28.3 Å². The summed E-state index contributed by atoms with van der Waals surface area (Å²) in [5.41, 5.74) is 3.60. The highest BCUT2D eigenvalue weighted by atomic mass is 32.2. The van der Waals surface area contributed by atoms with Crippen molar-refractivity contribution >= 4 is 33.7 Å². The minimum atomic E-state index is -3.91. The van der Waals surface area contributed by atoms with Gasteiger partial charge < -0.3 is 10.1 Å². The van der Waals surface area contributed by atoms with Crippen molar-refractivity contribution in [1.82, 2.24) is 10.7 Å². The van der Waals surface area contributed by atoms with Gasteiger partial charge in [-0.15, -0.1) is 0 Å². The Labute approximate surface area is 215 Å². The summed E-state index contributed by atoms with van der Waals surface area (Å²) in [7, 11) is -3.91. The summed E-state index contributed by atoms with van der Waals surface area (Å²) in [6, 6.07) is 21.3. The minimum absolute atomic E-state index is 0.151. The summed E-state index contributed by atoms with van der Waals surface area (Å²) in [5, 5.41) is 6.68. The Morgan fingerprint density at radius 3 is 2.30 bits per heavy atom. The first kappa shape index (κ1) is 27.3. The van der Waals surface area contributed by atoms with Crippen molar-refractivity contribution in [3.63, 3.8) is 0 Å². The molecule has 0 aliphatic rings. The number of nitrogens with one attached hydrogen (secondary N) is 2. The normalized spacial score (nSPS) is 12.1. The van der Waals surface area contributed by atoms with Gasteiger partial charge in [0.2, 0.25) is 10.0 Å². The highest BCUT2D eigenvalue weighted by Gasteiger charge is 2.23. The van der Waals surface area contributed by atoms with Gasteiger partial charge in [-0.1, -0.05) is 42.5 Å². The second kappa shape index (κ2) is 12.6. The molecule has 0 aliphatic carbocycles. The molecule has 3 aromatic rings. The van der Waals surface area contributed by atoms with Crippen LogP contribution in [0.1, 0.15) is 24.1 Å². The third-order valence-electron chi connectivity index (χ3n) is 5.14. The molecule has 37 heavy (non-hydrogen) atoms. The molecule has 0 heterocycles. The van der Waals surface area contributed by atoms with Crippen LogP contribution in [0, 0.1) is 5.82 Å². The zero-order chi connectivity index (χ0) is 26.8. The molecule has 3 rings (SSSR count). The molecule has 11 heteroatoms. The highest BCUT2D eigenvalue weighted by molar-refractivity contribution is 7.92. The van der Waals surface area contributed by atoms with E-state index >= 15 is 0 Å². The molecule has 0 saturated carbocycles. The number of hydrazone groups is 1. The minimum Gasteiger partial charge on any atom is -0.484 e. The standard InChI is InChI=1S/C26H27FN4O5S/c1-19(21-8-4-3-5-9-21)29-26(33)18-36-22-14-12-20(13-15-22)16-28-30-25(32)17-31(37(2,34)35)24-11-7-6-10-23(24)27/h3-16,19H,17-18H2,1-2H3,(H,29,33)(H,30,32)/b28-16-/t19-/m0/s1. The van der Waals surface area contributed by atoms with Gasteiger partial charge in [0.1, 0.15) is 18.1 Å². The average Bonchev–Trinajstić information content (AvgIpc) is 2.87. The van der Waals surface area contributed by atoms with Crippen molar-refractivity contribution in [2.24, 2.45) is 5.10 Å². The van der Waals surface area contributed by atoms with Crippen molar-refractivity contribution in [3.8, 4) is 5.75 Å². The van der Waals surface area contributed by atoms with Crippen LogP contribution in [-0.2, 0) is 19.6 Å². The molecular weight excluding hydrogens is 499 g/mol. The fourth-order valence-corrected chi connectivity index (χ4v) is 4.14. The molecule has 0 aliphatic heterocycles. The Bertz CT molecular complexity index is 1350. The number of rotatable bonds is 11. The monoisotopic (exact) mass is 526 g/mol. The molecule has 0 unspecified atom stereocenters. The lowest BCUT2D eigenvalue weighted by Gasteiger charge is -2.21. The van der Waals surface area contributed by atoms with Gasteiger partial charge in [-0.05, 0) is 54.4 Å². The number of carbonyl (C=O) groups excluding carboxylic acids is 2. The van der Waals surface area contributed by atoms with Gasteiger partial charge in [0.25, 0.3) is 11.8 Å². The van der Waals surface area contributed by atoms with E-state index in [1.165, 1.54) is 24.4 Å². The first-order valence-electron chi connectivity index (χ1n) is 11.2. The van der Waals surface area contributed by atoms with Gasteiger partial charge in [0.05, 0.1) is 24.2 Å². The Morgan fingerprint density at radius 1 is 1.00 bits per heavy atom. The van der Waals surface area contributed by atoms with E-state index in [4.69, 9.17) is 4.74 Å². The largest absolute Gasteiger partial charge is 0.484 e. The molecule has 3 aromatic carbocycles. The SMILES string of the molecule is C[C@H](NC(=O)COc1ccc(/C=N\NC(=O)CN(c2ccccc2F)S(C)(=O)=O)cc1)c1ccccc1.